The molecule has 2 aliphatic carbocycles. The molecule has 2 aromatic rings. The van der Waals surface area contributed by atoms with E-state index in [1.165, 1.54) is 24.8 Å². The summed E-state index contributed by atoms with van der Waals surface area (Å²) in [6.45, 7) is 1.44. The Balaban J connectivity index is 1.32. The monoisotopic (exact) mass is 400 g/mol. The molecule has 0 atom stereocenters. The molecule has 2 aromatic heterocycles. The zero-order valence-electron chi connectivity index (χ0n) is 15.7. The van der Waals surface area contributed by atoms with Crippen LogP contribution in [-0.2, 0) is 4.79 Å². The zero-order valence-corrected chi connectivity index (χ0v) is 16.5. The van der Waals surface area contributed by atoms with E-state index in [0.717, 1.165) is 37.3 Å². The van der Waals surface area contributed by atoms with E-state index in [4.69, 9.17) is 11.6 Å². The maximum absolute atomic E-state index is 11.9. The second kappa shape index (κ2) is 8.73. The van der Waals surface area contributed by atoms with Crippen LogP contribution in [0.25, 0.3) is 0 Å². The van der Waals surface area contributed by atoms with Crippen molar-refractivity contribution in [2.24, 2.45) is 5.92 Å². The van der Waals surface area contributed by atoms with E-state index >= 15 is 0 Å². The molecule has 148 valence electrons. The molecule has 0 radical (unpaired) electrons. The quantitative estimate of drug-likeness (QED) is 0.437. The fraction of sp³-hybridized carbons (Fsp3) is 0.500. The smallest absolute Gasteiger partial charge is 0.229 e. The maximum Gasteiger partial charge on any atom is 0.229 e. The molecule has 2 heterocycles. The molecule has 2 saturated carbocycles. The van der Waals surface area contributed by atoms with E-state index < -0.39 is 0 Å². The number of hydrogen-bond acceptors (Lipinski definition) is 6. The average Bonchev–Trinajstić information content (AvgIpc) is 3.47. The molecule has 2 fully saturated rings. The number of halogens is 1. The highest BCUT2D eigenvalue weighted by Gasteiger charge is 2.28. The number of anilines is 3. The van der Waals surface area contributed by atoms with Crippen molar-refractivity contribution in [2.45, 2.75) is 44.4 Å². The van der Waals surface area contributed by atoms with Gasteiger partial charge in [-0.15, -0.1) is 0 Å². The maximum atomic E-state index is 11.9. The van der Waals surface area contributed by atoms with Gasteiger partial charge in [-0.1, -0.05) is 18.0 Å². The second-order valence-electron chi connectivity index (χ2n) is 7.47. The van der Waals surface area contributed by atoms with Crippen molar-refractivity contribution in [1.82, 2.24) is 20.3 Å². The molecule has 0 bridgehead atoms. The highest BCUT2D eigenvalue weighted by Crippen LogP contribution is 2.42. The van der Waals surface area contributed by atoms with Gasteiger partial charge in [0.05, 0.1) is 11.9 Å². The lowest BCUT2D eigenvalue weighted by molar-refractivity contribution is -0.127. The van der Waals surface area contributed by atoms with Crippen LogP contribution in [0.3, 0.4) is 0 Å². The minimum atomic E-state index is 0.204. The van der Waals surface area contributed by atoms with Crippen LogP contribution >= 0.6 is 11.6 Å². The van der Waals surface area contributed by atoms with E-state index in [9.17, 15) is 4.79 Å². The fourth-order valence-electron chi connectivity index (χ4n) is 3.19. The van der Waals surface area contributed by atoms with Gasteiger partial charge in [0, 0.05) is 30.8 Å². The summed E-state index contributed by atoms with van der Waals surface area (Å²) in [5, 5.41) is 10.1. The van der Waals surface area contributed by atoms with Crippen LogP contribution in [0.1, 0.15) is 50.0 Å². The second-order valence-corrected chi connectivity index (χ2v) is 7.85. The van der Waals surface area contributed by atoms with Gasteiger partial charge in [0.2, 0.25) is 11.9 Å². The summed E-state index contributed by atoms with van der Waals surface area (Å²) in [5.74, 6) is 2.39. The van der Waals surface area contributed by atoms with Crippen molar-refractivity contribution in [3.63, 3.8) is 0 Å². The predicted octanol–water partition coefficient (Wildman–Crippen LogP) is 3.86. The topological polar surface area (TPSA) is 91.8 Å². The van der Waals surface area contributed by atoms with Gasteiger partial charge in [-0.05, 0) is 50.2 Å². The van der Waals surface area contributed by atoms with Gasteiger partial charge in [-0.3, -0.25) is 4.79 Å². The van der Waals surface area contributed by atoms with E-state index in [-0.39, 0.29) is 11.8 Å². The van der Waals surface area contributed by atoms with E-state index in [1.54, 1.807) is 12.3 Å². The van der Waals surface area contributed by atoms with Gasteiger partial charge in [0.15, 0.2) is 0 Å². The van der Waals surface area contributed by atoms with Crippen molar-refractivity contribution in [1.29, 1.82) is 0 Å². The van der Waals surface area contributed by atoms with Crippen molar-refractivity contribution >= 4 is 35.0 Å². The number of hydrogen-bond donors (Lipinski definition) is 3. The number of pyridine rings is 1. The highest BCUT2D eigenvalue weighted by molar-refractivity contribution is 6.29. The first-order valence-electron chi connectivity index (χ1n) is 9.96. The van der Waals surface area contributed by atoms with Gasteiger partial charge in [0.1, 0.15) is 11.0 Å². The van der Waals surface area contributed by atoms with Gasteiger partial charge >= 0.3 is 0 Å². The third-order valence-electron chi connectivity index (χ3n) is 5.24. The molecule has 0 saturated heterocycles. The number of rotatable bonds is 9. The molecule has 1 amide bonds. The molecule has 28 heavy (non-hydrogen) atoms. The summed E-state index contributed by atoms with van der Waals surface area (Å²) in [6.07, 6.45) is 10.0. The SMILES string of the molecule is O=C(NCCCNc1nc(Nc2ccc(Cl)nc2)ncc1C1CC1)C1CCC1. The first-order valence-corrected chi connectivity index (χ1v) is 10.3. The first kappa shape index (κ1) is 18.9. The molecule has 0 aromatic carbocycles. The normalized spacial score (nSPS) is 16.3. The van der Waals surface area contributed by atoms with E-state index in [0.29, 0.717) is 23.6 Å². The van der Waals surface area contributed by atoms with Crippen LogP contribution in [0.5, 0.6) is 0 Å². The van der Waals surface area contributed by atoms with Crippen LogP contribution in [0.15, 0.2) is 24.5 Å². The first-order chi connectivity index (χ1) is 13.7. The lowest BCUT2D eigenvalue weighted by Crippen LogP contribution is -2.35. The molecule has 0 unspecified atom stereocenters. The van der Waals surface area contributed by atoms with Crippen molar-refractivity contribution < 1.29 is 4.79 Å². The number of carbonyl (C=O) groups is 1. The van der Waals surface area contributed by atoms with Gasteiger partial charge in [-0.25, -0.2) is 9.97 Å². The highest BCUT2D eigenvalue weighted by atomic mass is 35.5. The number of amides is 1. The Labute approximate surface area is 169 Å². The van der Waals surface area contributed by atoms with Crippen LogP contribution in [0.4, 0.5) is 17.5 Å². The van der Waals surface area contributed by atoms with Gasteiger partial charge in [-0.2, -0.15) is 4.98 Å². The molecule has 7 nitrogen and oxygen atoms in total. The lowest BCUT2D eigenvalue weighted by atomic mass is 9.85. The fourth-order valence-corrected chi connectivity index (χ4v) is 3.30. The molecule has 8 heteroatoms. The summed E-state index contributed by atoms with van der Waals surface area (Å²) in [7, 11) is 0. The molecule has 0 aliphatic heterocycles. The van der Waals surface area contributed by atoms with Crippen molar-refractivity contribution in [2.75, 3.05) is 23.7 Å². The minimum absolute atomic E-state index is 0.204. The molecule has 2 aliphatic rings. The van der Waals surface area contributed by atoms with Crippen molar-refractivity contribution in [3.8, 4) is 0 Å². The summed E-state index contributed by atoms with van der Waals surface area (Å²) >= 11 is 5.83. The van der Waals surface area contributed by atoms with Crippen LogP contribution in [-0.4, -0.2) is 33.9 Å². The molecule has 3 N–H and O–H groups in total. The molecular formula is C20H25ClN6O. The zero-order chi connectivity index (χ0) is 19.3. The summed E-state index contributed by atoms with van der Waals surface area (Å²) in [4.78, 5) is 25.0. The average molecular weight is 401 g/mol. The summed E-state index contributed by atoms with van der Waals surface area (Å²) < 4.78 is 0. The summed E-state index contributed by atoms with van der Waals surface area (Å²) in [5.41, 5.74) is 1.95. The Morgan fingerprint density at radius 3 is 2.64 bits per heavy atom. The van der Waals surface area contributed by atoms with E-state index in [1.807, 2.05) is 12.3 Å². The Bertz CT molecular complexity index is 820. The van der Waals surface area contributed by atoms with Crippen molar-refractivity contribution in [3.05, 3.63) is 35.2 Å². The van der Waals surface area contributed by atoms with Gasteiger partial charge in [0.25, 0.3) is 0 Å². The predicted molar refractivity (Wildman–Crippen MR) is 110 cm³/mol. The molecule has 4 rings (SSSR count). The molecular weight excluding hydrogens is 376 g/mol. The minimum Gasteiger partial charge on any atom is -0.370 e. The number of nitrogens with zero attached hydrogens (tertiary/aromatic N) is 3. The third kappa shape index (κ3) is 4.90. The Kier molecular flexibility index (Phi) is 5.90. The summed E-state index contributed by atoms with van der Waals surface area (Å²) in [6, 6.07) is 3.56. The lowest BCUT2D eigenvalue weighted by Gasteiger charge is -2.24. The Morgan fingerprint density at radius 1 is 1.11 bits per heavy atom. The van der Waals surface area contributed by atoms with Crippen LogP contribution in [0, 0.1) is 5.92 Å². The Hall–Kier alpha value is -2.41. The number of aromatic nitrogens is 3. The van der Waals surface area contributed by atoms with Crippen LogP contribution in [0.2, 0.25) is 5.15 Å². The van der Waals surface area contributed by atoms with Gasteiger partial charge < -0.3 is 16.0 Å². The molecule has 0 spiro atoms. The third-order valence-corrected chi connectivity index (χ3v) is 5.46. The van der Waals surface area contributed by atoms with Crippen LogP contribution < -0.4 is 16.0 Å². The Morgan fingerprint density at radius 2 is 1.96 bits per heavy atom. The standard InChI is InChI=1S/C20H25ClN6O/c21-17-8-7-15(11-24-17)26-20-25-12-16(13-5-6-13)18(27-20)22-9-2-10-23-19(28)14-3-1-4-14/h7-8,11-14H,1-6,9-10H2,(H,23,28)(H2,22,25,26,27). The van der Waals surface area contributed by atoms with E-state index in [2.05, 4.69) is 30.9 Å². The number of nitrogens with one attached hydrogen (secondary N) is 3. The largest absolute Gasteiger partial charge is 0.370 e. The number of carbonyl (C=O) groups excluding carboxylic acids is 1.